The van der Waals surface area contributed by atoms with Crippen molar-refractivity contribution in [3.8, 4) is 11.5 Å². The van der Waals surface area contributed by atoms with E-state index in [4.69, 9.17) is 4.74 Å². The molecular formula is C19H20N6O9S. The van der Waals surface area contributed by atoms with Crippen LogP contribution >= 0.6 is 0 Å². The van der Waals surface area contributed by atoms with E-state index in [2.05, 4.69) is 10.6 Å². The molecule has 3 rings (SSSR count). The van der Waals surface area contributed by atoms with Crippen molar-refractivity contribution < 1.29 is 42.5 Å². The van der Waals surface area contributed by atoms with Crippen LogP contribution in [-0.4, -0.2) is 60.2 Å². The quantitative estimate of drug-likeness (QED) is 0.114. The molecule has 7 N–H and O–H groups in total. The molecule has 1 aliphatic rings. The molecule has 2 aromatic carbocycles. The van der Waals surface area contributed by atoms with Crippen LogP contribution < -0.4 is 25.6 Å². The largest absolute Gasteiger partial charge is 0.504 e. The number of imide groups is 1. The van der Waals surface area contributed by atoms with Gasteiger partial charge < -0.3 is 25.6 Å². The number of phenols is 2. The molecule has 0 aromatic heterocycles. The predicted molar refractivity (Wildman–Crippen MR) is 118 cm³/mol. The second-order valence-electron chi connectivity index (χ2n) is 7.00. The molecule has 1 heterocycles. The third kappa shape index (κ3) is 6.95. The fraction of sp³-hybridized carbons (Fsp3) is 0.158. The molecule has 35 heavy (non-hydrogen) atoms. The van der Waals surface area contributed by atoms with Crippen molar-refractivity contribution in [3.05, 3.63) is 54.1 Å². The average Bonchev–Trinajstić information content (AvgIpc) is 2.81. The Bertz CT molecular complexity index is 1240. The molecule has 0 saturated carbocycles. The zero-order chi connectivity index (χ0) is 25.6. The van der Waals surface area contributed by atoms with Gasteiger partial charge in [-0.05, 0) is 17.7 Å². The maximum atomic E-state index is 12.1. The summed E-state index contributed by atoms with van der Waals surface area (Å²) >= 11 is 0. The molecule has 0 bridgehead atoms. The Balaban J connectivity index is 1.40. The number of ether oxygens (including phenoxy) is 1. The first-order valence-corrected chi connectivity index (χ1v) is 11.2. The van der Waals surface area contributed by atoms with Crippen LogP contribution in [0.5, 0.6) is 11.5 Å². The number of benzene rings is 2. The summed E-state index contributed by atoms with van der Waals surface area (Å²) in [5.41, 5.74) is 2.48. The average molecular weight is 508 g/mol. The van der Waals surface area contributed by atoms with Crippen molar-refractivity contribution in [2.24, 2.45) is 0 Å². The maximum absolute atomic E-state index is 12.1. The summed E-state index contributed by atoms with van der Waals surface area (Å²) < 4.78 is 30.4. The number of urea groups is 2. The summed E-state index contributed by atoms with van der Waals surface area (Å²) in [6.45, 7) is -0.338. The summed E-state index contributed by atoms with van der Waals surface area (Å²) in [6.07, 6.45) is -0.890. The van der Waals surface area contributed by atoms with Crippen LogP contribution in [0.2, 0.25) is 0 Å². The van der Waals surface area contributed by atoms with E-state index in [9.17, 15) is 37.8 Å². The number of hydrogen-bond donors (Lipinski definition) is 7. The van der Waals surface area contributed by atoms with Crippen molar-refractivity contribution in [1.29, 1.82) is 0 Å². The number of anilines is 1. The lowest BCUT2D eigenvalue weighted by molar-refractivity contribution is -0.139. The maximum Gasteiger partial charge on any atom is 0.408 e. The van der Waals surface area contributed by atoms with E-state index in [0.29, 0.717) is 4.90 Å². The second-order valence-corrected chi connectivity index (χ2v) is 8.42. The van der Waals surface area contributed by atoms with Crippen LogP contribution in [0.25, 0.3) is 0 Å². The van der Waals surface area contributed by atoms with Crippen LogP contribution in [0.15, 0.2) is 48.5 Å². The fourth-order valence-corrected chi connectivity index (χ4v) is 3.31. The van der Waals surface area contributed by atoms with Gasteiger partial charge in [0.25, 0.3) is 5.91 Å². The zero-order valence-electron chi connectivity index (χ0n) is 17.7. The first kappa shape index (κ1) is 25.1. The Morgan fingerprint density at radius 2 is 1.77 bits per heavy atom. The second kappa shape index (κ2) is 10.6. The van der Waals surface area contributed by atoms with Crippen LogP contribution in [0.4, 0.5) is 20.1 Å². The minimum atomic E-state index is -4.62. The van der Waals surface area contributed by atoms with Gasteiger partial charge in [-0.3, -0.25) is 15.1 Å². The number of amides is 6. The third-order valence-electron chi connectivity index (χ3n) is 4.43. The molecule has 1 atom stereocenters. The number of hydrazine groups is 1. The number of aromatic hydroxyl groups is 2. The molecule has 0 aliphatic carbocycles. The number of hydrogen-bond acceptors (Lipinski definition) is 9. The Labute approximate surface area is 198 Å². The highest BCUT2D eigenvalue weighted by atomic mass is 32.2. The van der Waals surface area contributed by atoms with Gasteiger partial charge >= 0.3 is 28.4 Å². The molecule has 1 fully saturated rings. The van der Waals surface area contributed by atoms with Crippen molar-refractivity contribution in [2.75, 3.05) is 11.9 Å². The van der Waals surface area contributed by atoms with E-state index in [1.807, 2.05) is 0 Å². The Hall–Kier alpha value is -4.57. The monoisotopic (exact) mass is 508 g/mol. The lowest BCUT2D eigenvalue weighted by atomic mass is 10.1. The normalized spacial score (nSPS) is 14.9. The number of likely N-dealkylation sites (tertiary alicyclic amines) is 1. The first-order valence-electron chi connectivity index (χ1n) is 9.75. The molecular weight excluding hydrogens is 488 g/mol. The highest BCUT2D eigenvalue weighted by molar-refractivity contribution is 7.88. The number of rotatable bonds is 7. The number of alkyl carbamates (subject to hydrolysis) is 1. The van der Waals surface area contributed by atoms with Gasteiger partial charge in [0.05, 0.1) is 6.54 Å². The Morgan fingerprint density at radius 3 is 2.43 bits per heavy atom. The van der Waals surface area contributed by atoms with Gasteiger partial charge in [0, 0.05) is 11.8 Å². The molecule has 2 aromatic rings. The van der Waals surface area contributed by atoms with Gasteiger partial charge in [0.15, 0.2) is 11.5 Å². The summed E-state index contributed by atoms with van der Waals surface area (Å²) in [5.74, 6) is -1.82. The van der Waals surface area contributed by atoms with E-state index >= 15 is 0 Å². The Morgan fingerprint density at radius 1 is 1.06 bits per heavy atom. The number of nitrogens with zero attached hydrogens (tertiary/aromatic N) is 1. The molecule has 15 nitrogen and oxygen atoms in total. The molecule has 0 unspecified atom stereocenters. The van der Waals surface area contributed by atoms with Crippen molar-refractivity contribution in [1.82, 2.24) is 25.2 Å². The van der Waals surface area contributed by atoms with E-state index in [0.717, 1.165) is 17.7 Å². The van der Waals surface area contributed by atoms with Gasteiger partial charge in [0.2, 0.25) is 0 Å². The van der Waals surface area contributed by atoms with Crippen LogP contribution in [0.3, 0.4) is 0 Å². The smallest absolute Gasteiger partial charge is 0.408 e. The van der Waals surface area contributed by atoms with Crippen LogP contribution in [0, 0.1) is 0 Å². The highest BCUT2D eigenvalue weighted by Crippen LogP contribution is 2.27. The van der Waals surface area contributed by atoms with E-state index in [-0.39, 0.29) is 18.8 Å². The summed E-state index contributed by atoms with van der Waals surface area (Å²) in [5, 5.41) is 23.0. The molecule has 0 spiro atoms. The topological polar surface area (TPSA) is 215 Å². The summed E-state index contributed by atoms with van der Waals surface area (Å²) in [6, 6.07) is 8.61. The van der Waals surface area contributed by atoms with Gasteiger partial charge in [-0.2, -0.15) is 8.42 Å². The van der Waals surface area contributed by atoms with Crippen LogP contribution in [-0.2, 0) is 26.3 Å². The number of nitrogens with one attached hydrogen (secondary N) is 5. The highest BCUT2D eigenvalue weighted by Gasteiger charge is 2.43. The third-order valence-corrected chi connectivity index (χ3v) is 5.25. The van der Waals surface area contributed by atoms with E-state index in [1.54, 1.807) is 40.6 Å². The molecule has 0 radical (unpaired) electrons. The number of phenolic OH excluding ortho intramolecular Hbond substituents is 2. The van der Waals surface area contributed by atoms with Gasteiger partial charge in [-0.15, -0.1) is 4.83 Å². The summed E-state index contributed by atoms with van der Waals surface area (Å²) in [7, 11) is -4.62. The van der Waals surface area contributed by atoms with Gasteiger partial charge in [-0.1, -0.05) is 30.3 Å². The SMILES string of the molecule is O=C(NNS(=O)(=O)NC(=O)N1C[C@H](NC(=O)OCc2ccccc2)C1=O)Nc1ccc(O)c(O)c1. The number of carbonyl (C=O) groups excluding carboxylic acids is 4. The summed E-state index contributed by atoms with van der Waals surface area (Å²) in [4.78, 5) is 49.8. The van der Waals surface area contributed by atoms with Gasteiger partial charge in [-0.25, -0.2) is 19.1 Å². The zero-order valence-corrected chi connectivity index (χ0v) is 18.5. The molecule has 6 amide bonds. The first-order chi connectivity index (χ1) is 16.5. The lowest BCUT2D eigenvalue weighted by Crippen LogP contribution is -2.68. The molecule has 1 aliphatic heterocycles. The van der Waals surface area contributed by atoms with Crippen molar-refractivity contribution in [3.63, 3.8) is 0 Å². The van der Waals surface area contributed by atoms with Crippen molar-refractivity contribution >= 4 is 40.0 Å². The molecule has 186 valence electrons. The minimum absolute atomic E-state index is 0.0213. The van der Waals surface area contributed by atoms with Gasteiger partial charge in [0.1, 0.15) is 12.6 Å². The number of carbonyl (C=O) groups is 4. The van der Waals surface area contributed by atoms with Crippen LogP contribution in [0.1, 0.15) is 5.56 Å². The fourth-order valence-electron chi connectivity index (χ4n) is 2.70. The van der Waals surface area contributed by atoms with E-state index < -0.39 is 51.8 Å². The minimum Gasteiger partial charge on any atom is -0.504 e. The number of β-lactam (4-membered cyclic amide) rings is 1. The molecule has 16 heteroatoms. The van der Waals surface area contributed by atoms with E-state index in [1.165, 1.54) is 10.8 Å². The lowest BCUT2D eigenvalue weighted by Gasteiger charge is -2.36. The standard InChI is InChI=1S/C19H20N6O9S/c26-14-7-6-12(8-15(14)27)20-17(29)22-24-35(32,33)23-18(30)25-9-13(16(25)28)21-19(31)34-10-11-4-2-1-3-5-11/h1-8,13,24,26-27H,9-10H2,(H,21,31)(H,23,30)(H2,20,22,29)/t13-/m0/s1. The predicted octanol–water partition coefficient (Wildman–Crippen LogP) is -0.184. The Kier molecular flexibility index (Phi) is 7.57. The molecule has 1 saturated heterocycles. The van der Waals surface area contributed by atoms with Crippen molar-refractivity contribution in [2.45, 2.75) is 12.6 Å².